The minimum atomic E-state index is -0.478. The van der Waals surface area contributed by atoms with Crippen LogP contribution in [0.4, 0.5) is 15.9 Å². The molecular weight excluding hydrogens is 341 g/mol. The molecule has 0 atom stereocenters. The lowest BCUT2D eigenvalue weighted by Crippen LogP contribution is -2.17. The summed E-state index contributed by atoms with van der Waals surface area (Å²) in [5.41, 5.74) is 2.75. The molecule has 0 unspecified atom stereocenters. The summed E-state index contributed by atoms with van der Waals surface area (Å²) in [5.74, 6) is 1.60. The SMILES string of the molecule is Cc1cscc1-c1ncc(F)c(N(C)c2ccc3c(c2)OCCO3)n1. The molecule has 1 aliphatic heterocycles. The highest BCUT2D eigenvalue weighted by Gasteiger charge is 2.18. The third-order valence-corrected chi connectivity index (χ3v) is 4.91. The quantitative estimate of drug-likeness (QED) is 0.703. The van der Waals surface area contributed by atoms with Crippen molar-refractivity contribution in [3.8, 4) is 22.9 Å². The maximum atomic E-state index is 14.4. The number of ether oxygens (including phenoxy) is 2. The molecule has 0 amide bonds. The molecule has 5 nitrogen and oxygen atoms in total. The number of rotatable bonds is 3. The number of halogens is 1. The molecule has 0 fully saturated rings. The van der Waals surface area contributed by atoms with Crippen molar-refractivity contribution in [1.29, 1.82) is 0 Å². The second kappa shape index (κ2) is 6.33. The molecule has 0 bridgehead atoms. The first-order chi connectivity index (χ1) is 12.1. The number of anilines is 2. The van der Waals surface area contributed by atoms with Gasteiger partial charge in [0.2, 0.25) is 0 Å². The Hall–Kier alpha value is -2.67. The van der Waals surface area contributed by atoms with E-state index in [2.05, 4.69) is 9.97 Å². The zero-order valence-electron chi connectivity index (χ0n) is 13.8. The predicted octanol–water partition coefficient (Wildman–Crippen LogP) is 4.19. The molecule has 2 aromatic heterocycles. The molecule has 0 radical (unpaired) electrons. The predicted molar refractivity (Wildman–Crippen MR) is 95.5 cm³/mol. The molecule has 1 aromatic carbocycles. The largest absolute Gasteiger partial charge is 0.486 e. The van der Waals surface area contributed by atoms with Gasteiger partial charge in [-0.1, -0.05) is 0 Å². The van der Waals surface area contributed by atoms with E-state index in [-0.39, 0.29) is 5.82 Å². The number of nitrogens with zero attached hydrogens (tertiary/aromatic N) is 3. The monoisotopic (exact) mass is 357 g/mol. The van der Waals surface area contributed by atoms with E-state index in [1.54, 1.807) is 23.3 Å². The Morgan fingerprint density at radius 1 is 1.16 bits per heavy atom. The lowest BCUT2D eigenvalue weighted by Gasteiger charge is -2.23. The number of benzene rings is 1. The third kappa shape index (κ3) is 2.91. The standard InChI is InChI=1S/C18H16FN3O2S/c1-11-9-25-10-13(11)17-20-8-14(19)18(21-17)22(2)12-3-4-15-16(7-12)24-6-5-23-15/h3-4,7-10H,5-6H2,1-2H3. The molecule has 7 heteroatoms. The van der Waals surface area contributed by atoms with Crippen LogP contribution < -0.4 is 14.4 Å². The minimum absolute atomic E-state index is 0.215. The zero-order valence-corrected chi connectivity index (χ0v) is 14.6. The maximum Gasteiger partial charge on any atom is 0.184 e. The molecule has 3 heterocycles. The van der Waals surface area contributed by atoms with Crippen molar-refractivity contribution in [2.75, 3.05) is 25.2 Å². The van der Waals surface area contributed by atoms with Gasteiger partial charge in [-0.15, -0.1) is 0 Å². The molecule has 0 aliphatic carbocycles. The lowest BCUT2D eigenvalue weighted by molar-refractivity contribution is 0.171. The molecule has 0 spiro atoms. The number of aromatic nitrogens is 2. The van der Waals surface area contributed by atoms with E-state index in [9.17, 15) is 4.39 Å². The second-order valence-electron chi connectivity index (χ2n) is 5.72. The van der Waals surface area contributed by atoms with E-state index in [1.165, 1.54) is 6.20 Å². The number of thiophene rings is 1. The van der Waals surface area contributed by atoms with E-state index >= 15 is 0 Å². The fourth-order valence-electron chi connectivity index (χ4n) is 2.68. The molecular formula is C18H16FN3O2S. The second-order valence-corrected chi connectivity index (χ2v) is 6.46. The molecule has 3 aromatic rings. The zero-order chi connectivity index (χ0) is 17.4. The number of aryl methyl sites for hydroxylation is 1. The van der Waals surface area contributed by atoms with Gasteiger partial charge in [0.15, 0.2) is 29.0 Å². The van der Waals surface area contributed by atoms with E-state index in [4.69, 9.17) is 9.47 Å². The summed E-state index contributed by atoms with van der Waals surface area (Å²) in [6.45, 7) is 3.03. The van der Waals surface area contributed by atoms with Crippen LogP contribution in [0.3, 0.4) is 0 Å². The van der Waals surface area contributed by atoms with Gasteiger partial charge in [0.25, 0.3) is 0 Å². The van der Waals surface area contributed by atoms with E-state index < -0.39 is 5.82 Å². The van der Waals surface area contributed by atoms with Crippen molar-refractivity contribution in [2.45, 2.75) is 6.92 Å². The minimum Gasteiger partial charge on any atom is -0.486 e. The van der Waals surface area contributed by atoms with Crippen LogP contribution in [0, 0.1) is 12.7 Å². The Morgan fingerprint density at radius 2 is 1.96 bits per heavy atom. The van der Waals surface area contributed by atoms with Crippen molar-refractivity contribution in [1.82, 2.24) is 9.97 Å². The molecule has 1 aliphatic rings. The van der Waals surface area contributed by atoms with Crippen LogP contribution in [0.2, 0.25) is 0 Å². The van der Waals surface area contributed by atoms with Gasteiger partial charge in [-0.2, -0.15) is 11.3 Å². The van der Waals surface area contributed by atoms with Crippen LogP contribution in [0.15, 0.2) is 35.2 Å². The van der Waals surface area contributed by atoms with E-state index in [0.717, 1.165) is 16.8 Å². The normalized spacial score (nSPS) is 12.9. The van der Waals surface area contributed by atoms with Gasteiger partial charge in [-0.05, 0) is 30.0 Å². The first-order valence-corrected chi connectivity index (χ1v) is 8.77. The topological polar surface area (TPSA) is 47.5 Å². The highest BCUT2D eigenvalue weighted by Crippen LogP contribution is 2.36. The smallest absolute Gasteiger partial charge is 0.184 e. The van der Waals surface area contributed by atoms with Crippen LogP contribution in [0.1, 0.15) is 5.56 Å². The Bertz CT molecular complexity index is 928. The fraction of sp³-hybridized carbons (Fsp3) is 0.222. The van der Waals surface area contributed by atoms with E-state index in [1.807, 2.05) is 35.9 Å². The van der Waals surface area contributed by atoms with Crippen LogP contribution in [-0.2, 0) is 0 Å². The summed E-state index contributed by atoms with van der Waals surface area (Å²) >= 11 is 1.57. The van der Waals surface area contributed by atoms with Gasteiger partial charge in [-0.25, -0.2) is 14.4 Å². The molecule has 0 saturated heterocycles. The van der Waals surface area contributed by atoms with Crippen molar-refractivity contribution >= 4 is 22.8 Å². The van der Waals surface area contributed by atoms with Gasteiger partial charge >= 0.3 is 0 Å². The Labute approximate surface area is 148 Å². The van der Waals surface area contributed by atoms with Crippen molar-refractivity contribution in [3.05, 3.63) is 46.5 Å². The van der Waals surface area contributed by atoms with Crippen molar-refractivity contribution in [2.24, 2.45) is 0 Å². The summed E-state index contributed by atoms with van der Waals surface area (Å²) in [4.78, 5) is 10.3. The molecule has 25 heavy (non-hydrogen) atoms. The highest BCUT2D eigenvalue weighted by atomic mass is 32.1. The van der Waals surface area contributed by atoms with Crippen molar-refractivity contribution < 1.29 is 13.9 Å². The van der Waals surface area contributed by atoms with Gasteiger partial charge in [-0.3, -0.25) is 0 Å². The van der Waals surface area contributed by atoms with Crippen LogP contribution in [0.25, 0.3) is 11.4 Å². The molecule has 128 valence electrons. The van der Waals surface area contributed by atoms with Gasteiger partial charge in [0.1, 0.15) is 13.2 Å². The van der Waals surface area contributed by atoms with Crippen LogP contribution in [-0.4, -0.2) is 30.2 Å². The molecule has 4 rings (SSSR count). The first kappa shape index (κ1) is 15.8. The summed E-state index contributed by atoms with van der Waals surface area (Å²) in [6.07, 6.45) is 1.21. The summed E-state index contributed by atoms with van der Waals surface area (Å²) in [6, 6.07) is 5.50. The fourth-order valence-corrected chi connectivity index (χ4v) is 3.50. The average Bonchev–Trinajstić information content (AvgIpc) is 3.07. The Kier molecular flexibility index (Phi) is 4.01. The Balaban J connectivity index is 1.72. The molecule has 0 N–H and O–H groups in total. The lowest BCUT2D eigenvalue weighted by atomic mass is 10.2. The number of hydrogen-bond acceptors (Lipinski definition) is 6. The van der Waals surface area contributed by atoms with Crippen LogP contribution >= 0.6 is 11.3 Å². The number of fused-ring (bicyclic) bond motifs is 1. The van der Waals surface area contributed by atoms with Gasteiger partial charge in [0, 0.05) is 29.7 Å². The summed E-state index contributed by atoms with van der Waals surface area (Å²) in [7, 11) is 1.76. The van der Waals surface area contributed by atoms with Crippen molar-refractivity contribution in [3.63, 3.8) is 0 Å². The third-order valence-electron chi connectivity index (χ3n) is 4.05. The van der Waals surface area contributed by atoms with Gasteiger partial charge in [0.05, 0.1) is 6.20 Å². The van der Waals surface area contributed by atoms with Crippen LogP contribution in [0.5, 0.6) is 11.5 Å². The van der Waals surface area contributed by atoms with Gasteiger partial charge < -0.3 is 14.4 Å². The average molecular weight is 357 g/mol. The summed E-state index contributed by atoms with van der Waals surface area (Å²) in [5, 5.41) is 3.99. The molecule has 0 saturated carbocycles. The maximum absolute atomic E-state index is 14.4. The Morgan fingerprint density at radius 3 is 2.72 bits per heavy atom. The van der Waals surface area contributed by atoms with E-state index in [0.29, 0.717) is 30.5 Å². The highest BCUT2D eigenvalue weighted by molar-refractivity contribution is 7.08. The first-order valence-electron chi connectivity index (χ1n) is 7.82. The number of hydrogen-bond donors (Lipinski definition) is 0. The summed E-state index contributed by atoms with van der Waals surface area (Å²) < 4.78 is 25.5.